The summed E-state index contributed by atoms with van der Waals surface area (Å²) in [5.74, 6) is -2.00. The summed E-state index contributed by atoms with van der Waals surface area (Å²) in [4.78, 5) is 45.4. The number of rotatable bonds is 13. The molecule has 0 atom stereocenters. The van der Waals surface area contributed by atoms with E-state index in [0.29, 0.717) is 41.3 Å². The molecule has 3 N–H and O–H groups in total. The van der Waals surface area contributed by atoms with Crippen LogP contribution in [0.15, 0.2) is 72.8 Å². The maximum Gasteiger partial charge on any atom is 0.347 e. The highest BCUT2D eigenvalue weighted by atomic mass is 35.5. The van der Waals surface area contributed by atoms with Gasteiger partial charge in [-0.15, -0.1) is 0 Å². The number of ketones is 1. The molecule has 44 heavy (non-hydrogen) atoms. The van der Waals surface area contributed by atoms with Crippen LogP contribution < -0.4 is 14.8 Å². The molecule has 0 aliphatic heterocycles. The molecule has 9 nitrogen and oxygen atoms in total. The summed E-state index contributed by atoms with van der Waals surface area (Å²) < 4.78 is 10.4. The van der Waals surface area contributed by atoms with Crippen molar-refractivity contribution in [2.24, 2.45) is 0 Å². The standard InChI is InChI=1S/C19H20ClNO4.C13H12Cl2O4/c1-19(2,18(23)24)25-16-9-3-13(4-10-16)11-12-21-17(22)14-5-7-15(20)8-6-14;1-3-7(2)13(18)8-4-5-9(12(15)11(8)14)19-6-10(16)17/h3-10H,11-12H2,1-2H3,(H,21,22)(H,23,24);4-5H,2-3,6H2,1H3,(H,16,17). The number of carboxylic acids is 2. The number of hydrogen-bond donors (Lipinski definition) is 3. The molecule has 0 aliphatic rings. The molecule has 0 aliphatic carbocycles. The Kier molecular flexibility index (Phi) is 13.7. The number of carbonyl (C=O) groups is 4. The molecule has 3 aromatic rings. The van der Waals surface area contributed by atoms with Crippen molar-refractivity contribution in [3.8, 4) is 11.5 Å². The monoisotopic (exact) mass is 663 g/mol. The molecule has 12 heteroatoms. The molecule has 0 spiro atoms. The van der Waals surface area contributed by atoms with Gasteiger partial charge in [-0.1, -0.05) is 60.4 Å². The molecule has 0 fully saturated rings. The summed E-state index contributed by atoms with van der Waals surface area (Å²) in [7, 11) is 0. The van der Waals surface area contributed by atoms with Crippen LogP contribution in [0.25, 0.3) is 0 Å². The van der Waals surface area contributed by atoms with Crippen molar-refractivity contribution >= 4 is 58.4 Å². The molecular weight excluding hydrogens is 633 g/mol. The van der Waals surface area contributed by atoms with Crippen LogP contribution in [0, 0.1) is 0 Å². The zero-order valence-electron chi connectivity index (χ0n) is 24.3. The van der Waals surface area contributed by atoms with Gasteiger partial charge in [-0.05, 0) is 86.4 Å². The number of allylic oxidation sites excluding steroid dienone is 1. The number of nitrogens with one attached hydrogen (secondary N) is 1. The van der Waals surface area contributed by atoms with Crippen molar-refractivity contribution in [2.75, 3.05) is 13.2 Å². The summed E-state index contributed by atoms with van der Waals surface area (Å²) in [6.07, 6.45) is 1.16. The van der Waals surface area contributed by atoms with E-state index in [1.807, 2.05) is 12.1 Å². The Labute approximate surface area is 270 Å². The van der Waals surface area contributed by atoms with E-state index in [9.17, 15) is 19.2 Å². The second-order valence-electron chi connectivity index (χ2n) is 9.78. The van der Waals surface area contributed by atoms with Crippen LogP contribution in [0.4, 0.5) is 0 Å². The van der Waals surface area contributed by atoms with Crippen molar-refractivity contribution < 1.29 is 38.9 Å². The molecule has 0 radical (unpaired) electrons. The molecular formula is C32H32Cl3NO8. The van der Waals surface area contributed by atoms with Crippen molar-refractivity contribution in [3.63, 3.8) is 0 Å². The predicted octanol–water partition coefficient (Wildman–Crippen LogP) is 7.16. The van der Waals surface area contributed by atoms with Crippen LogP contribution in [0.2, 0.25) is 15.1 Å². The van der Waals surface area contributed by atoms with Crippen molar-refractivity contribution in [2.45, 2.75) is 39.2 Å². The first-order chi connectivity index (χ1) is 20.7. The smallest absolute Gasteiger partial charge is 0.347 e. The Bertz CT molecular complexity index is 1500. The van der Waals surface area contributed by atoms with Crippen molar-refractivity contribution in [1.29, 1.82) is 0 Å². The lowest BCUT2D eigenvalue weighted by molar-refractivity contribution is -0.152. The molecule has 0 aromatic heterocycles. The molecule has 0 heterocycles. The van der Waals surface area contributed by atoms with E-state index in [4.69, 9.17) is 54.5 Å². The molecule has 3 rings (SSSR count). The zero-order chi connectivity index (χ0) is 33.0. The van der Waals surface area contributed by atoms with Gasteiger partial charge < -0.3 is 25.0 Å². The minimum absolute atomic E-state index is 0.0117. The van der Waals surface area contributed by atoms with Gasteiger partial charge >= 0.3 is 11.9 Å². The van der Waals surface area contributed by atoms with E-state index in [2.05, 4.69) is 11.9 Å². The maximum atomic E-state index is 12.0. The van der Waals surface area contributed by atoms with E-state index in [-0.39, 0.29) is 33.0 Å². The SMILES string of the molecule is C=C(CC)C(=O)c1ccc(OCC(=O)O)c(Cl)c1Cl.CC(C)(Oc1ccc(CCNC(=O)c2ccc(Cl)cc2)cc1)C(=O)O. The number of halogens is 3. The van der Waals surface area contributed by atoms with Crippen LogP contribution in [-0.4, -0.2) is 52.6 Å². The molecule has 0 saturated carbocycles. The molecule has 0 saturated heterocycles. The highest BCUT2D eigenvalue weighted by Crippen LogP contribution is 2.35. The Morgan fingerprint density at radius 2 is 1.50 bits per heavy atom. The average Bonchev–Trinajstić information content (AvgIpc) is 2.98. The summed E-state index contributed by atoms with van der Waals surface area (Å²) in [6, 6.07) is 16.7. The first-order valence-corrected chi connectivity index (χ1v) is 14.4. The maximum absolute atomic E-state index is 12.0. The normalized spacial score (nSPS) is 10.6. The van der Waals surface area contributed by atoms with Crippen LogP contribution in [0.3, 0.4) is 0 Å². The van der Waals surface area contributed by atoms with Gasteiger partial charge in [0, 0.05) is 22.7 Å². The van der Waals surface area contributed by atoms with Gasteiger partial charge in [0.05, 0.1) is 5.02 Å². The highest BCUT2D eigenvalue weighted by molar-refractivity contribution is 6.45. The third-order valence-electron chi connectivity index (χ3n) is 6.01. The molecule has 0 unspecified atom stereocenters. The zero-order valence-corrected chi connectivity index (χ0v) is 26.6. The largest absolute Gasteiger partial charge is 0.480 e. The van der Waals surface area contributed by atoms with Gasteiger partial charge in [0.15, 0.2) is 18.0 Å². The lowest BCUT2D eigenvalue weighted by Crippen LogP contribution is -2.37. The third kappa shape index (κ3) is 10.9. The number of ether oxygens (including phenoxy) is 2. The predicted molar refractivity (Wildman–Crippen MR) is 170 cm³/mol. The van der Waals surface area contributed by atoms with Crippen molar-refractivity contribution in [3.05, 3.63) is 105 Å². The van der Waals surface area contributed by atoms with E-state index in [1.165, 1.54) is 26.0 Å². The number of carbonyl (C=O) groups excluding carboxylic acids is 2. The molecule has 1 amide bonds. The number of Topliss-reactive ketones (excluding diaryl/α,β-unsaturated/α-hetero) is 1. The van der Waals surface area contributed by atoms with Gasteiger partial charge in [-0.3, -0.25) is 9.59 Å². The first-order valence-electron chi connectivity index (χ1n) is 13.3. The summed E-state index contributed by atoms with van der Waals surface area (Å²) >= 11 is 17.7. The van der Waals surface area contributed by atoms with E-state index in [0.717, 1.165) is 5.56 Å². The van der Waals surface area contributed by atoms with Gasteiger partial charge in [0.1, 0.15) is 16.5 Å². The molecule has 0 bridgehead atoms. The topological polar surface area (TPSA) is 139 Å². The third-order valence-corrected chi connectivity index (χ3v) is 7.12. The van der Waals surface area contributed by atoms with Gasteiger partial charge in [-0.2, -0.15) is 0 Å². The van der Waals surface area contributed by atoms with Crippen LogP contribution in [0.1, 0.15) is 53.5 Å². The van der Waals surface area contributed by atoms with E-state index in [1.54, 1.807) is 43.3 Å². The molecule has 234 valence electrons. The Morgan fingerprint density at radius 1 is 0.886 bits per heavy atom. The number of aliphatic carboxylic acids is 2. The fourth-order valence-corrected chi connectivity index (χ4v) is 3.98. The minimum atomic E-state index is -1.28. The number of amides is 1. The summed E-state index contributed by atoms with van der Waals surface area (Å²) in [5, 5.41) is 21.1. The number of hydrogen-bond acceptors (Lipinski definition) is 6. The Hall–Kier alpha value is -4.05. The van der Waals surface area contributed by atoms with Gasteiger partial charge in [-0.25, -0.2) is 9.59 Å². The van der Waals surface area contributed by atoms with Gasteiger partial charge in [0.2, 0.25) is 0 Å². The average molecular weight is 665 g/mol. The lowest BCUT2D eigenvalue weighted by Gasteiger charge is -2.21. The number of carboxylic acid groups (broad SMARTS) is 2. The van der Waals surface area contributed by atoms with Gasteiger partial charge in [0.25, 0.3) is 5.91 Å². The number of benzene rings is 3. The van der Waals surface area contributed by atoms with E-state index < -0.39 is 24.1 Å². The Morgan fingerprint density at radius 3 is 2.05 bits per heavy atom. The van der Waals surface area contributed by atoms with E-state index >= 15 is 0 Å². The second-order valence-corrected chi connectivity index (χ2v) is 11.0. The Balaban J connectivity index is 0.000000319. The quantitative estimate of drug-likeness (QED) is 0.129. The first kappa shape index (κ1) is 36.1. The minimum Gasteiger partial charge on any atom is -0.480 e. The molecule has 3 aromatic carbocycles. The summed E-state index contributed by atoms with van der Waals surface area (Å²) in [5.41, 5.74) is 0.924. The summed E-state index contributed by atoms with van der Waals surface area (Å²) in [6.45, 7) is 8.39. The van der Waals surface area contributed by atoms with Crippen LogP contribution in [0.5, 0.6) is 11.5 Å². The fourth-order valence-electron chi connectivity index (χ4n) is 3.40. The van der Waals surface area contributed by atoms with Crippen molar-refractivity contribution in [1.82, 2.24) is 5.32 Å². The van der Waals surface area contributed by atoms with Crippen LogP contribution >= 0.6 is 34.8 Å². The highest BCUT2D eigenvalue weighted by Gasteiger charge is 2.29. The lowest BCUT2D eigenvalue weighted by atomic mass is 10.0. The second kappa shape index (κ2) is 16.7. The fraction of sp³-hybridized carbons (Fsp3) is 0.250. The van der Waals surface area contributed by atoms with Crippen LogP contribution in [-0.2, 0) is 16.0 Å².